The van der Waals surface area contributed by atoms with Crippen molar-refractivity contribution in [1.29, 1.82) is 0 Å². The van der Waals surface area contributed by atoms with Crippen LogP contribution in [-0.4, -0.2) is 41.3 Å². The highest BCUT2D eigenvalue weighted by Gasteiger charge is 2.40. The topological polar surface area (TPSA) is 118 Å². The van der Waals surface area contributed by atoms with Crippen molar-refractivity contribution >= 4 is 21.7 Å². The van der Waals surface area contributed by atoms with E-state index in [1.165, 1.54) is 19.1 Å². The van der Waals surface area contributed by atoms with E-state index in [4.69, 9.17) is 0 Å². The number of nitro benzene ring substituents is 1. The molecule has 0 saturated heterocycles. The molecule has 0 saturated carbocycles. The van der Waals surface area contributed by atoms with Crippen molar-refractivity contribution in [2.24, 2.45) is 5.92 Å². The van der Waals surface area contributed by atoms with Gasteiger partial charge in [0, 0.05) is 6.07 Å². The Labute approximate surface area is 146 Å². The third-order valence-electron chi connectivity index (χ3n) is 3.81. The van der Waals surface area contributed by atoms with Gasteiger partial charge in [-0.05, 0) is 18.9 Å². The summed E-state index contributed by atoms with van der Waals surface area (Å²) in [5.74, 6) is 3.25. The lowest BCUT2D eigenvalue weighted by Crippen LogP contribution is -2.48. The number of hydrogen-bond donors (Lipinski definition) is 1. The first-order chi connectivity index (χ1) is 11.7. The van der Waals surface area contributed by atoms with Gasteiger partial charge in [0.15, 0.2) is 4.90 Å². The Morgan fingerprint density at radius 2 is 2.00 bits per heavy atom. The van der Waals surface area contributed by atoms with Crippen LogP contribution in [0, 0.1) is 27.9 Å². The van der Waals surface area contributed by atoms with E-state index in [2.05, 4.69) is 11.8 Å². The molecule has 8 nitrogen and oxygen atoms in total. The van der Waals surface area contributed by atoms with Crippen LogP contribution >= 0.6 is 0 Å². The maximum Gasteiger partial charge on any atom is 0.322 e. The Kier molecular flexibility index (Phi) is 7.09. The quantitative estimate of drug-likeness (QED) is 0.426. The molecule has 0 spiro atoms. The van der Waals surface area contributed by atoms with Gasteiger partial charge in [-0.1, -0.05) is 38.3 Å². The molecule has 0 radical (unpaired) electrons. The van der Waals surface area contributed by atoms with Gasteiger partial charge in [0.2, 0.25) is 0 Å². The number of hydrogen-bond acceptors (Lipinski definition) is 5. The predicted octanol–water partition coefficient (Wildman–Crippen LogP) is 2.11. The van der Waals surface area contributed by atoms with E-state index in [0.29, 0.717) is 6.42 Å². The van der Waals surface area contributed by atoms with Crippen molar-refractivity contribution < 1.29 is 23.2 Å². The van der Waals surface area contributed by atoms with Crippen LogP contribution in [0.1, 0.15) is 27.2 Å². The summed E-state index contributed by atoms with van der Waals surface area (Å²) in [5, 5.41) is 20.7. The van der Waals surface area contributed by atoms with Gasteiger partial charge in [0.05, 0.1) is 11.5 Å². The van der Waals surface area contributed by atoms with Gasteiger partial charge >= 0.3 is 5.97 Å². The lowest BCUT2D eigenvalue weighted by Gasteiger charge is -2.30. The molecular weight excluding hydrogens is 348 g/mol. The number of para-hydroxylation sites is 1. The van der Waals surface area contributed by atoms with Gasteiger partial charge in [-0.25, -0.2) is 8.42 Å². The average Bonchev–Trinajstić information content (AvgIpc) is 2.57. The lowest BCUT2D eigenvalue weighted by atomic mass is 9.99. The van der Waals surface area contributed by atoms with Crippen LogP contribution in [-0.2, 0) is 14.8 Å². The summed E-state index contributed by atoms with van der Waals surface area (Å²) in [6.45, 7) is 4.48. The van der Waals surface area contributed by atoms with E-state index in [1.54, 1.807) is 13.8 Å². The summed E-state index contributed by atoms with van der Waals surface area (Å²) in [6, 6.07) is 3.47. The number of rotatable bonds is 8. The van der Waals surface area contributed by atoms with Crippen LogP contribution in [0.5, 0.6) is 0 Å². The number of sulfonamides is 1. The second-order valence-electron chi connectivity index (χ2n) is 5.37. The van der Waals surface area contributed by atoms with Gasteiger partial charge in [-0.15, -0.1) is 5.92 Å². The minimum atomic E-state index is -4.44. The monoisotopic (exact) mass is 368 g/mol. The van der Waals surface area contributed by atoms with Crippen molar-refractivity contribution in [2.75, 3.05) is 6.54 Å². The van der Waals surface area contributed by atoms with Crippen molar-refractivity contribution in [2.45, 2.75) is 38.1 Å². The first-order valence-corrected chi connectivity index (χ1v) is 9.00. The van der Waals surface area contributed by atoms with E-state index in [9.17, 15) is 28.4 Å². The zero-order valence-corrected chi connectivity index (χ0v) is 15.0. The third kappa shape index (κ3) is 4.55. The highest BCUT2D eigenvalue weighted by atomic mass is 32.2. The molecule has 1 rings (SSSR count). The predicted molar refractivity (Wildman–Crippen MR) is 91.3 cm³/mol. The first kappa shape index (κ1) is 20.6. The molecule has 0 aromatic heterocycles. The molecule has 1 N–H and O–H groups in total. The second-order valence-corrected chi connectivity index (χ2v) is 7.23. The molecule has 0 bridgehead atoms. The zero-order valence-electron chi connectivity index (χ0n) is 14.2. The Bertz CT molecular complexity index is 809. The molecule has 1 aromatic rings. The molecule has 136 valence electrons. The summed E-state index contributed by atoms with van der Waals surface area (Å²) < 4.78 is 26.8. The SMILES string of the molecule is CC#CCN([C@H](C(=O)O)[C@@H](C)CC)S(=O)(=O)c1ccccc1[N+](=O)[O-]. The molecule has 0 heterocycles. The standard InChI is InChI=1S/C16H20N2O6S/c1-4-6-11-17(15(16(19)20)12(3)5-2)25(23,24)14-10-8-7-9-13(14)18(21)22/h7-10,12,15H,5,11H2,1-3H3,(H,19,20)/t12-,15-/m0/s1. The highest BCUT2D eigenvalue weighted by molar-refractivity contribution is 7.89. The van der Waals surface area contributed by atoms with E-state index < -0.39 is 43.5 Å². The van der Waals surface area contributed by atoms with Crippen molar-refractivity contribution in [1.82, 2.24) is 4.31 Å². The zero-order chi connectivity index (χ0) is 19.2. The van der Waals surface area contributed by atoms with Gasteiger partial charge in [0.1, 0.15) is 6.04 Å². The number of carboxylic acid groups (broad SMARTS) is 1. The lowest BCUT2D eigenvalue weighted by molar-refractivity contribution is -0.387. The smallest absolute Gasteiger partial charge is 0.322 e. The van der Waals surface area contributed by atoms with Crippen molar-refractivity contribution in [3.8, 4) is 11.8 Å². The van der Waals surface area contributed by atoms with Gasteiger partial charge < -0.3 is 5.11 Å². The maximum absolute atomic E-state index is 13.0. The van der Waals surface area contributed by atoms with Gasteiger partial charge in [0.25, 0.3) is 15.7 Å². The normalized spacial score (nSPS) is 13.6. The number of nitro groups is 1. The molecule has 0 fully saturated rings. The number of carboxylic acids is 1. The second kappa shape index (κ2) is 8.60. The summed E-state index contributed by atoms with van der Waals surface area (Å²) >= 11 is 0. The Morgan fingerprint density at radius 1 is 1.40 bits per heavy atom. The molecule has 0 aliphatic carbocycles. The van der Waals surface area contributed by atoms with Crippen LogP contribution in [0.3, 0.4) is 0 Å². The molecular formula is C16H20N2O6S. The van der Waals surface area contributed by atoms with E-state index in [1.807, 2.05) is 0 Å². The van der Waals surface area contributed by atoms with Crippen molar-refractivity contribution in [3.63, 3.8) is 0 Å². The first-order valence-electron chi connectivity index (χ1n) is 7.56. The minimum Gasteiger partial charge on any atom is -0.480 e. The van der Waals surface area contributed by atoms with Crippen LogP contribution in [0.15, 0.2) is 29.2 Å². The number of benzene rings is 1. The third-order valence-corrected chi connectivity index (χ3v) is 5.68. The van der Waals surface area contributed by atoms with Crippen LogP contribution in [0.2, 0.25) is 0 Å². The van der Waals surface area contributed by atoms with Gasteiger partial charge in [-0.2, -0.15) is 4.31 Å². The average molecular weight is 368 g/mol. The maximum atomic E-state index is 13.0. The van der Waals surface area contributed by atoms with E-state index in [-0.39, 0.29) is 6.54 Å². The largest absolute Gasteiger partial charge is 0.480 e. The summed E-state index contributed by atoms with van der Waals surface area (Å²) in [5.41, 5.74) is -0.606. The highest BCUT2D eigenvalue weighted by Crippen LogP contribution is 2.29. The molecule has 1 aromatic carbocycles. The summed E-state index contributed by atoms with van der Waals surface area (Å²) in [7, 11) is -4.44. The molecule has 25 heavy (non-hydrogen) atoms. The summed E-state index contributed by atoms with van der Waals surface area (Å²) in [4.78, 5) is 21.5. The molecule has 0 amide bonds. The van der Waals surface area contributed by atoms with Crippen LogP contribution in [0.4, 0.5) is 5.69 Å². The fourth-order valence-electron chi connectivity index (χ4n) is 2.32. The van der Waals surface area contributed by atoms with E-state index in [0.717, 1.165) is 16.4 Å². The number of nitrogens with zero attached hydrogens (tertiary/aromatic N) is 2. The Morgan fingerprint density at radius 3 is 2.48 bits per heavy atom. The number of carbonyl (C=O) groups is 1. The Balaban J connectivity index is 3.60. The van der Waals surface area contributed by atoms with Crippen LogP contribution < -0.4 is 0 Å². The van der Waals surface area contributed by atoms with Crippen LogP contribution in [0.25, 0.3) is 0 Å². The summed E-state index contributed by atoms with van der Waals surface area (Å²) in [6.07, 6.45) is 0.416. The fraction of sp³-hybridized carbons (Fsp3) is 0.438. The van der Waals surface area contributed by atoms with Crippen molar-refractivity contribution in [3.05, 3.63) is 34.4 Å². The molecule has 0 aliphatic rings. The minimum absolute atomic E-state index is 0.369. The van der Waals surface area contributed by atoms with Gasteiger partial charge in [-0.3, -0.25) is 14.9 Å². The molecule has 0 unspecified atom stereocenters. The Hall–Kier alpha value is -2.44. The molecule has 0 aliphatic heterocycles. The fourth-order valence-corrected chi connectivity index (χ4v) is 4.06. The molecule has 2 atom stereocenters. The number of aliphatic carboxylic acids is 1. The van der Waals surface area contributed by atoms with E-state index >= 15 is 0 Å². The molecule has 9 heteroatoms.